The fourth-order valence-electron chi connectivity index (χ4n) is 2.66. The van der Waals surface area contributed by atoms with Crippen LogP contribution in [0.1, 0.15) is 19.3 Å². The van der Waals surface area contributed by atoms with Gasteiger partial charge in [0.2, 0.25) is 10.0 Å². The van der Waals surface area contributed by atoms with Crippen LogP contribution in [0.4, 0.5) is 0 Å². The first-order valence-corrected chi connectivity index (χ1v) is 7.83. The van der Waals surface area contributed by atoms with Crippen molar-refractivity contribution in [1.29, 1.82) is 0 Å². The van der Waals surface area contributed by atoms with Crippen molar-refractivity contribution in [2.75, 3.05) is 39.9 Å². The van der Waals surface area contributed by atoms with E-state index in [1.54, 1.807) is 11.4 Å². The van der Waals surface area contributed by atoms with Crippen LogP contribution >= 0.6 is 0 Å². The molecule has 2 heterocycles. The van der Waals surface area contributed by atoms with E-state index in [1.165, 1.54) is 0 Å². The maximum atomic E-state index is 12.3. The molecular weight excluding hydrogens is 240 g/mol. The molecule has 0 aromatic heterocycles. The topological polar surface area (TPSA) is 58.6 Å². The van der Waals surface area contributed by atoms with Gasteiger partial charge in [0.05, 0.1) is 5.25 Å². The molecule has 0 aliphatic carbocycles. The fraction of sp³-hybridized carbons (Fsp3) is 1.00. The van der Waals surface area contributed by atoms with Gasteiger partial charge >= 0.3 is 0 Å². The molecule has 5 nitrogen and oxygen atoms in total. The average Bonchev–Trinajstić information content (AvgIpc) is 2.84. The molecule has 0 radical (unpaired) electrons. The van der Waals surface area contributed by atoms with Gasteiger partial charge in [-0.15, -0.1) is 0 Å². The zero-order chi connectivity index (χ0) is 12.3. The van der Waals surface area contributed by atoms with Crippen LogP contribution in [0.25, 0.3) is 0 Å². The van der Waals surface area contributed by atoms with Crippen molar-refractivity contribution < 1.29 is 13.2 Å². The van der Waals surface area contributed by atoms with E-state index in [-0.39, 0.29) is 5.25 Å². The highest BCUT2D eigenvalue weighted by molar-refractivity contribution is 7.89. The highest BCUT2D eigenvalue weighted by Gasteiger charge is 2.35. The lowest BCUT2D eigenvalue weighted by molar-refractivity contribution is 0.121. The third-order valence-corrected chi connectivity index (χ3v) is 6.10. The van der Waals surface area contributed by atoms with Gasteiger partial charge in [-0.3, -0.25) is 0 Å². The van der Waals surface area contributed by atoms with Crippen molar-refractivity contribution in [3.63, 3.8) is 0 Å². The van der Waals surface area contributed by atoms with Crippen LogP contribution in [-0.4, -0.2) is 57.9 Å². The fourth-order valence-corrected chi connectivity index (χ4v) is 4.54. The van der Waals surface area contributed by atoms with Gasteiger partial charge in [-0.25, -0.2) is 12.7 Å². The Morgan fingerprint density at radius 1 is 1.29 bits per heavy atom. The lowest BCUT2D eigenvalue weighted by atomic mass is 9.99. The minimum atomic E-state index is -3.07. The first-order valence-electron chi connectivity index (χ1n) is 6.33. The molecule has 2 rings (SSSR count). The number of hydrogen-bond acceptors (Lipinski definition) is 4. The number of nitrogens with one attached hydrogen (secondary N) is 1. The van der Waals surface area contributed by atoms with Crippen LogP contribution in [-0.2, 0) is 14.8 Å². The summed E-state index contributed by atoms with van der Waals surface area (Å²) in [6, 6.07) is 0. The number of sulfonamides is 1. The Morgan fingerprint density at radius 3 is 2.53 bits per heavy atom. The molecule has 1 atom stereocenters. The largest absolute Gasteiger partial charge is 0.384 e. The second kappa shape index (κ2) is 5.65. The number of methoxy groups -OCH3 is 1. The van der Waals surface area contributed by atoms with Gasteiger partial charge in [0.15, 0.2) is 0 Å². The lowest BCUT2D eigenvalue weighted by Gasteiger charge is -2.32. The van der Waals surface area contributed by atoms with Gasteiger partial charge in [0.1, 0.15) is 0 Å². The molecule has 0 bridgehead atoms. The molecule has 0 amide bonds. The Morgan fingerprint density at radius 2 is 2.00 bits per heavy atom. The Balaban J connectivity index is 1.91. The van der Waals surface area contributed by atoms with E-state index >= 15 is 0 Å². The smallest absolute Gasteiger partial charge is 0.218 e. The molecule has 17 heavy (non-hydrogen) atoms. The minimum Gasteiger partial charge on any atom is -0.384 e. The van der Waals surface area contributed by atoms with Crippen LogP contribution in [0.5, 0.6) is 0 Å². The van der Waals surface area contributed by atoms with E-state index in [0.717, 1.165) is 32.4 Å². The number of ether oxygens (including phenoxy) is 1. The first kappa shape index (κ1) is 13.3. The normalized spacial score (nSPS) is 28.6. The molecule has 1 N–H and O–H groups in total. The van der Waals surface area contributed by atoms with Crippen LogP contribution in [0.2, 0.25) is 0 Å². The van der Waals surface area contributed by atoms with E-state index < -0.39 is 10.0 Å². The van der Waals surface area contributed by atoms with Gasteiger partial charge in [-0.2, -0.15) is 0 Å². The van der Waals surface area contributed by atoms with E-state index in [4.69, 9.17) is 4.74 Å². The third kappa shape index (κ3) is 2.99. The van der Waals surface area contributed by atoms with Gasteiger partial charge < -0.3 is 10.1 Å². The molecule has 2 saturated heterocycles. The maximum Gasteiger partial charge on any atom is 0.218 e. The SMILES string of the molecule is COCC1CCN(S(=O)(=O)C2CCNC2)CC1. The highest BCUT2D eigenvalue weighted by atomic mass is 32.2. The summed E-state index contributed by atoms with van der Waals surface area (Å²) in [5, 5.41) is 2.91. The Hall–Kier alpha value is -0.170. The first-order chi connectivity index (χ1) is 8.14. The number of piperidine rings is 1. The molecule has 2 fully saturated rings. The van der Waals surface area contributed by atoms with Gasteiger partial charge in [0, 0.05) is 33.4 Å². The van der Waals surface area contributed by atoms with E-state index in [1.807, 2.05) is 0 Å². The summed E-state index contributed by atoms with van der Waals surface area (Å²) < 4.78 is 31.4. The summed E-state index contributed by atoms with van der Waals surface area (Å²) in [5.74, 6) is 0.521. The summed E-state index contributed by atoms with van der Waals surface area (Å²) in [6.45, 7) is 3.50. The quantitative estimate of drug-likeness (QED) is 0.777. The number of nitrogens with zero attached hydrogens (tertiary/aromatic N) is 1. The molecule has 0 aromatic rings. The summed E-state index contributed by atoms with van der Waals surface area (Å²) in [6.07, 6.45) is 2.60. The van der Waals surface area contributed by atoms with Crippen molar-refractivity contribution in [2.45, 2.75) is 24.5 Å². The Bertz CT molecular complexity index is 331. The van der Waals surface area contributed by atoms with E-state index in [0.29, 0.717) is 25.6 Å². The predicted octanol–water partition coefficient (Wildman–Crippen LogP) is 0.0365. The van der Waals surface area contributed by atoms with Crippen LogP contribution < -0.4 is 5.32 Å². The molecule has 0 spiro atoms. The van der Waals surface area contributed by atoms with E-state index in [2.05, 4.69) is 5.32 Å². The number of hydrogen-bond donors (Lipinski definition) is 1. The summed E-state index contributed by atoms with van der Waals surface area (Å²) in [5.41, 5.74) is 0. The molecule has 6 heteroatoms. The Kier molecular flexibility index (Phi) is 4.41. The zero-order valence-corrected chi connectivity index (χ0v) is 11.2. The molecule has 100 valence electrons. The monoisotopic (exact) mass is 262 g/mol. The molecule has 2 aliphatic heterocycles. The van der Waals surface area contributed by atoms with Crippen LogP contribution in [0, 0.1) is 5.92 Å². The van der Waals surface area contributed by atoms with Crippen molar-refractivity contribution >= 4 is 10.0 Å². The summed E-state index contributed by atoms with van der Waals surface area (Å²) in [7, 11) is -1.37. The number of rotatable bonds is 4. The lowest BCUT2D eigenvalue weighted by Crippen LogP contribution is -2.44. The van der Waals surface area contributed by atoms with Gasteiger partial charge in [0.25, 0.3) is 0 Å². The van der Waals surface area contributed by atoms with Crippen LogP contribution in [0.3, 0.4) is 0 Å². The van der Waals surface area contributed by atoms with Crippen molar-refractivity contribution in [3.8, 4) is 0 Å². The van der Waals surface area contributed by atoms with Crippen molar-refractivity contribution in [1.82, 2.24) is 9.62 Å². The molecular formula is C11H22N2O3S. The molecule has 2 aliphatic rings. The zero-order valence-electron chi connectivity index (χ0n) is 10.4. The van der Waals surface area contributed by atoms with Gasteiger partial charge in [-0.05, 0) is 31.7 Å². The summed E-state index contributed by atoms with van der Waals surface area (Å²) in [4.78, 5) is 0. The third-order valence-electron chi connectivity index (χ3n) is 3.77. The van der Waals surface area contributed by atoms with Gasteiger partial charge in [-0.1, -0.05) is 0 Å². The molecule has 0 saturated carbocycles. The molecule has 0 aromatic carbocycles. The maximum absolute atomic E-state index is 12.3. The van der Waals surface area contributed by atoms with Crippen molar-refractivity contribution in [3.05, 3.63) is 0 Å². The Labute approximate surface area is 104 Å². The highest BCUT2D eigenvalue weighted by Crippen LogP contribution is 2.23. The standard InChI is InChI=1S/C11H22N2O3S/c1-16-9-10-3-6-13(7-4-10)17(14,15)11-2-5-12-8-11/h10-12H,2-9H2,1H3. The molecule has 1 unspecified atom stereocenters. The second-order valence-corrected chi connectivity index (χ2v) is 7.17. The van der Waals surface area contributed by atoms with Crippen LogP contribution in [0.15, 0.2) is 0 Å². The summed E-state index contributed by atoms with van der Waals surface area (Å²) >= 11 is 0. The van der Waals surface area contributed by atoms with E-state index in [9.17, 15) is 8.42 Å². The second-order valence-electron chi connectivity index (χ2n) is 4.96. The van der Waals surface area contributed by atoms with Crippen molar-refractivity contribution in [2.24, 2.45) is 5.92 Å². The predicted molar refractivity (Wildman–Crippen MR) is 66.4 cm³/mol. The minimum absolute atomic E-state index is 0.207. The average molecular weight is 262 g/mol.